The van der Waals surface area contributed by atoms with Crippen molar-refractivity contribution in [3.63, 3.8) is 0 Å². The van der Waals surface area contributed by atoms with Crippen molar-refractivity contribution in [3.8, 4) is 0 Å². The van der Waals surface area contributed by atoms with Crippen molar-refractivity contribution in [2.75, 3.05) is 0 Å². The SMILES string of the molecule is Brc1ccc2c(ccc3ccccc3ccc3cc(Br)ccc3c3c4ccccc4c2c2ccccc23)c1. The minimum absolute atomic E-state index is 1.07. The molecule has 0 aliphatic rings. The Morgan fingerprint density at radius 2 is 0.632 bits per heavy atom. The molecule has 8 aromatic carbocycles. The van der Waals surface area contributed by atoms with E-state index in [9.17, 15) is 0 Å². The molecule has 0 nitrogen and oxygen atoms in total. The second kappa shape index (κ2) is 9.54. The van der Waals surface area contributed by atoms with Gasteiger partial charge in [-0.1, -0.05) is 141 Å². The number of fused-ring (bicyclic) bond motifs is 2. The summed E-state index contributed by atoms with van der Waals surface area (Å²) in [5, 5.41) is 14.8. The van der Waals surface area contributed by atoms with Gasteiger partial charge in [0.15, 0.2) is 0 Å². The van der Waals surface area contributed by atoms with Crippen LogP contribution in [0.25, 0.3) is 64.6 Å². The molecule has 0 aliphatic heterocycles. The summed E-state index contributed by atoms with van der Waals surface area (Å²) in [5.41, 5.74) is 0. The largest absolute Gasteiger partial charge is 0.0616 e. The summed E-state index contributed by atoms with van der Waals surface area (Å²) in [6.07, 6.45) is 0. The van der Waals surface area contributed by atoms with E-state index in [-0.39, 0.29) is 0 Å². The topological polar surface area (TPSA) is 0 Å². The number of rotatable bonds is 0. The third kappa shape index (κ3) is 3.96. The molecule has 0 saturated carbocycles. The number of halogens is 2. The molecule has 0 aromatic heterocycles. The van der Waals surface area contributed by atoms with Crippen LogP contribution in [-0.4, -0.2) is 0 Å². The lowest BCUT2D eigenvalue weighted by atomic mass is 9.91. The number of hydrogen-bond acceptors (Lipinski definition) is 0. The molecule has 0 atom stereocenters. The molecule has 0 saturated heterocycles. The molecule has 0 aliphatic carbocycles. The Bertz CT molecular complexity index is 1940. The van der Waals surface area contributed by atoms with E-state index in [1.54, 1.807) is 0 Å². The van der Waals surface area contributed by atoms with Gasteiger partial charge in [-0.15, -0.1) is 0 Å². The Labute approximate surface area is 237 Å². The maximum atomic E-state index is 3.73. The standard InChI is InChI=1S/C36H22Br2/c37-27-17-19-29-25(21-27)15-13-23-7-1-2-8-24(23)14-16-26-22-28(38)18-20-30(26)36-33-11-5-3-9-31(33)35(29)32-10-4-6-12-34(32)36/h1-22H. The lowest BCUT2D eigenvalue weighted by Gasteiger charge is -2.13. The van der Waals surface area contributed by atoms with Crippen LogP contribution in [0.1, 0.15) is 0 Å². The molecule has 0 unspecified atom stereocenters. The first-order chi connectivity index (χ1) is 18.7. The molecule has 2 heteroatoms. The van der Waals surface area contributed by atoms with Crippen molar-refractivity contribution in [2.45, 2.75) is 0 Å². The Hall–Kier alpha value is -3.72. The highest BCUT2D eigenvalue weighted by Gasteiger charge is 2.11. The van der Waals surface area contributed by atoms with E-state index in [0.29, 0.717) is 0 Å². The second-order valence-corrected chi connectivity index (χ2v) is 11.4. The van der Waals surface area contributed by atoms with E-state index in [1.807, 2.05) is 0 Å². The summed E-state index contributed by atoms with van der Waals surface area (Å²) in [4.78, 5) is 0. The van der Waals surface area contributed by atoms with Crippen LogP contribution in [0.15, 0.2) is 142 Å². The van der Waals surface area contributed by atoms with E-state index in [2.05, 4.69) is 165 Å². The minimum atomic E-state index is 1.07. The smallest absolute Gasteiger partial charge is 0.0181 e. The fourth-order valence-electron chi connectivity index (χ4n) is 5.68. The summed E-state index contributed by atoms with van der Waals surface area (Å²) in [7, 11) is 0. The maximum absolute atomic E-state index is 3.73. The van der Waals surface area contributed by atoms with Gasteiger partial charge in [0.25, 0.3) is 0 Å². The van der Waals surface area contributed by atoms with Gasteiger partial charge in [0.05, 0.1) is 0 Å². The lowest BCUT2D eigenvalue weighted by Crippen LogP contribution is -1.85. The molecule has 0 N–H and O–H groups in total. The van der Waals surface area contributed by atoms with Crippen LogP contribution in [0, 0.1) is 0 Å². The van der Waals surface area contributed by atoms with Gasteiger partial charge < -0.3 is 0 Å². The van der Waals surface area contributed by atoms with Gasteiger partial charge in [0.2, 0.25) is 0 Å². The first-order valence-electron chi connectivity index (χ1n) is 12.7. The monoisotopic (exact) mass is 612 g/mol. The maximum Gasteiger partial charge on any atom is 0.0181 e. The Morgan fingerprint density at radius 3 is 1.03 bits per heavy atom. The molecular weight excluding hydrogens is 592 g/mol. The van der Waals surface area contributed by atoms with Crippen LogP contribution in [0.4, 0.5) is 0 Å². The molecule has 2 bridgehead atoms. The van der Waals surface area contributed by atoms with E-state index >= 15 is 0 Å². The molecular formula is C36H22Br2. The molecule has 0 fully saturated rings. The first-order valence-corrected chi connectivity index (χ1v) is 14.2. The Kier molecular flexibility index (Phi) is 5.88. The first kappa shape index (κ1) is 23.4. The van der Waals surface area contributed by atoms with Gasteiger partial charge in [0.1, 0.15) is 0 Å². The molecule has 0 amide bonds. The predicted octanol–water partition coefficient (Wildman–Crippen LogP) is 11.8. The molecule has 0 spiro atoms. The van der Waals surface area contributed by atoms with Crippen LogP contribution in [0.3, 0.4) is 0 Å². The molecule has 0 radical (unpaired) electrons. The van der Waals surface area contributed by atoms with Gasteiger partial charge in [-0.25, -0.2) is 0 Å². The van der Waals surface area contributed by atoms with E-state index < -0.39 is 0 Å². The van der Waals surface area contributed by atoms with Crippen LogP contribution in [0.5, 0.6) is 0 Å². The van der Waals surface area contributed by atoms with Crippen LogP contribution >= 0.6 is 31.9 Å². The molecule has 0 heterocycles. The van der Waals surface area contributed by atoms with Crippen molar-refractivity contribution in [1.82, 2.24) is 0 Å². The van der Waals surface area contributed by atoms with E-state index in [1.165, 1.54) is 64.6 Å². The summed E-state index contributed by atoms with van der Waals surface area (Å²) in [6.45, 7) is 0. The summed E-state index contributed by atoms with van der Waals surface area (Å²) in [5.74, 6) is 0. The van der Waals surface area contributed by atoms with Crippen molar-refractivity contribution < 1.29 is 0 Å². The average molecular weight is 614 g/mol. The van der Waals surface area contributed by atoms with E-state index in [0.717, 1.165) is 8.95 Å². The fourth-order valence-corrected chi connectivity index (χ4v) is 6.44. The molecule has 38 heavy (non-hydrogen) atoms. The van der Waals surface area contributed by atoms with Gasteiger partial charge in [-0.2, -0.15) is 0 Å². The van der Waals surface area contributed by atoms with Gasteiger partial charge in [-0.05, 0) is 88.9 Å². The zero-order valence-corrected chi connectivity index (χ0v) is 23.6. The quantitative estimate of drug-likeness (QED) is 0.149. The van der Waals surface area contributed by atoms with Crippen molar-refractivity contribution >= 4 is 96.5 Å². The summed E-state index contributed by atoms with van der Waals surface area (Å²) < 4.78 is 2.14. The van der Waals surface area contributed by atoms with Crippen LogP contribution in [-0.2, 0) is 0 Å². The molecule has 8 aromatic rings. The van der Waals surface area contributed by atoms with Crippen molar-refractivity contribution in [2.24, 2.45) is 0 Å². The third-order valence-electron chi connectivity index (χ3n) is 7.38. The fraction of sp³-hybridized carbons (Fsp3) is 0. The van der Waals surface area contributed by atoms with Crippen molar-refractivity contribution in [3.05, 3.63) is 142 Å². The zero-order chi connectivity index (χ0) is 25.6. The minimum Gasteiger partial charge on any atom is -0.0616 e. The summed E-state index contributed by atoms with van der Waals surface area (Å²) in [6, 6.07) is 48.5. The van der Waals surface area contributed by atoms with Crippen LogP contribution in [0.2, 0.25) is 0 Å². The highest BCUT2D eigenvalue weighted by Crippen LogP contribution is 2.40. The predicted molar refractivity (Wildman–Crippen MR) is 173 cm³/mol. The van der Waals surface area contributed by atoms with Crippen LogP contribution < -0.4 is 0 Å². The van der Waals surface area contributed by atoms with E-state index in [4.69, 9.17) is 0 Å². The van der Waals surface area contributed by atoms with Crippen molar-refractivity contribution in [1.29, 1.82) is 0 Å². The number of benzene rings is 6. The number of hydrogen-bond donors (Lipinski definition) is 0. The van der Waals surface area contributed by atoms with Gasteiger partial charge in [-0.3, -0.25) is 0 Å². The van der Waals surface area contributed by atoms with Gasteiger partial charge >= 0.3 is 0 Å². The Morgan fingerprint density at radius 1 is 0.289 bits per heavy atom. The molecule has 8 rings (SSSR count). The van der Waals surface area contributed by atoms with Gasteiger partial charge in [0, 0.05) is 8.95 Å². The third-order valence-corrected chi connectivity index (χ3v) is 8.36. The summed E-state index contributed by atoms with van der Waals surface area (Å²) >= 11 is 7.46. The Balaban J connectivity index is 1.91. The average Bonchev–Trinajstić information content (AvgIpc) is 2.94. The normalized spacial score (nSPS) is 11.4. The zero-order valence-electron chi connectivity index (χ0n) is 20.5. The second-order valence-electron chi connectivity index (χ2n) is 9.60. The lowest BCUT2D eigenvalue weighted by molar-refractivity contribution is 1.73. The highest BCUT2D eigenvalue weighted by atomic mass is 79.9. The highest BCUT2D eigenvalue weighted by molar-refractivity contribution is 9.10. The molecule has 180 valence electrons.